The van der Waals surface area contributed by atoms with E-state index in [1.165, 1.54) is 19.2 Å². The lowest BCUT2D eigenvalue weighted by atomic mass is 9.96. The smallest absolute Gasteiger partial charge is 0.387 e. The van der Waals surface area contributed by atoms with Crippen LogP contribution in [0, 0.1) is 5.92 Å². The number of benzene rings is 1. The maximum atomic E-state index is 12.5. The van der Waals surface area contributed by atoms with E-state index in [9.17, 15) is 13.6 Å². The minimum atomic E-state index is -2.97. The predicted molar refractivity (Wildman–Crippen MR) is 82.2 cm³/mol. The molecule has 0 saturated carbocycles. The van der Waals surface area contributed by atoms with Gasteiger partial charge in [-0.1, -0.05) is 0 Å². The van der Waals surface area contributed by atoms with E-state index in [0.29, 0.717) is 24.6 Å². The summed E-state index contributed by atoms with van der Waals surface area (Å²) in [7, 11) is 3.28. The van der Waals surface area contributed by atoms with Crippen LogP contribution in [0.3, 0.4) is 0 Å². The molecule has 23 heavy (non-hydrogen) atoms. The van der Waals surface area contributed by atoms with E-state index in [-0.39, 0.29) is 17.4 Å². The Hall–Kier alpha value is -1.89. The fraction of sp³-hybridized carbons (Fsp3) is 0.562. The van der Waals surface area contributed by atoms with Gasteiger partial charge in [-0.25, -0.2) is 0 Å². The van der Waals surface area contributed by atoms with Gasteiger partial charge in [-0.05, 0) is 50.6 Å². The average Bonchev–Trinajstić information content (AvgIpc) is 2.54. The average molecular weight is 328 g/mol. The Balaban J connectivity index is 2.07. The van der Waals surface area contributed by atoms with Gasteiger partial charge in [-0.3, -0.25) is 4.79 Å². The molecule has 2 rings (SSSR count). The highest BCUT2D eigenvalue weighted by molar-refractivity contribution is 5.95. The maximum Gasteiger partial charge on any atom is 0.387 e. The second kappa shape index (κ2) is 8.10. The molecule has 128 valence electrons. The van der Waals surface area contributed by atoms with Crippen molar-refractivity contribution in [2.45, 2.75) is 19.5 Å². The van der Waals surface area contributed by atoms with E-state index in [1.54, 1.807) is 11.0 Å². The zero-order valence-electron chi connectivity index (χ0n) is 13.4. The number of carbonyl (C=O) groups is 1. The molecule has 1 aromatic carbocycles. The molecule has 1 N–H and O–H groups in total. The summed E-state index contributed by atoms with van der Waals surface area (Å²) in [6.45, 7) is -0.687. The SMILES string of the molecule is CNCC1CCN(C(=O)c2ccc(OC)c(OC(F)F)c2)CC1. The number of likely N-dealkylation sites (tertiary alicyclic amines) is 1. The Kier molecular flexibility index (Phi) is 6.15. The van der Waals surface area contributed by atoms with E-state index in [1.807, 2.05) is 7.05 Å². The van der Waals surface area contributed by atoms with Gasteiger partial charge in [0.05, 0.1) is 7.11 Å². The lowest BCUT2D eigenvalue weighted by Gasteiger charge is -2.32. The number of amides is 1. The van der Waals surface area contributed by atoms with Gasteiger partial charge in [-0.2, -0.15) is 8.78 Å². The number of carbonyl (C=O) groups excluding carboxylic acids is 1. The van der Waals surface area contributed by atoms with Crippen molar-refractivity contribution in [1.82, 2.24) is 10.2 Å². The molecule has 1 aliphatic rings. The van der Waals surface area contributed by atoms with Crippen molar-refractivity contribution in [2.75, 3.05) is 33.8 Å². The highest BCUT2D eigenvalue weighted by Gasteiger charge is 2.24. The van der Waals surface area contributed by atoms with Crippen LogP contribution in [0.5, 0.6) is 11.5 Å². The molecule has 0 unspecified atom stereocenters. The molecule has 1 fully saturated rings. The van der Waals surface area contributed by atoms with E-state index >= 15 is 0 Å². The van der Waals surface area contributed by atoms with Crippen molar-refractivity contribution < 1.29 is 23.0 Å². The fourth-order valence-corrected chi connectivity index (χ4v) is 2.81. The van der Waals surface area contributed by atoms with Crippen LogP contribution >= 0.6 is 0 Å². The molecule has 0 aromatic heterocycles. The number of hydrogen-bond acceptors (Lipinski definition) is 4. The summed E-state index contributed by atoms with van der Waals surface area (Å²) in [5, 5.41) is 3.15. The van der Waals surface area contributed by atoms with Gasteiger partial charge in [0, 0.05) is 18.7 Å². The highest BCUT2D eigenvalue weighted by Crippen LogP contribution is 2.30. The maximum absolute atomic E-state index is 12.5. The first-order valence-corrected chi connectivity index (χ1v) is 7.62. The number of ether oxygens (including phenoxy) is 2. The summed E-state index contributed by atoms with van der Waals surface area (Å²) in [5.74, 6) is 0.445. The summed E-state index contributed by atoms with van der Waals surface area (Å²) in [5.41, 5.74) is 0.327. The number of hydrogen-bond donors (Lipinski definition) is 1. The van der Waals surface area contributed by atoms with Crippen LogP contribution in [0.15, 0.2) is 18.2 Å². The third-order valence-electron chi connectivity index (χ3n) is 4.02. The molecule has 0 bridgehead atoms. The van der Waals surface area contributed by atoms with Crippen molar-refractivity contribution >= 4 is 5.91 Å². The number of alkyl halides is 2. The molecule has 1 saturated heterocycles. The van der Waals surface area contributed by atoms with E-state index in [4.69, 9.17) is 4.74 Å². The number of piperidine rings is 1. The molecule has 1 amide bonds. The molecule has 0 aliphatic carbocycles. The molecule has 5 nitrogen and oxygen atoms in total. The Morgan fingerprint density at radius 3 is 2.61 bits per heavy atom. The van der Waals surface area contributed by atoms with Crippen molar-refractivity contribution in [3.8, 4) is 11.5 Å². The quantitative estimate of drug-likeness (QED) is 0.871. The minimum Gasteiger partial charge on any atom is -0.493 e. The lowest BCUT2D eigenvalue weighted by Crippen LogP contribution is -2.40. The van der Waals surface area contributed by atoms with Gasteiger partial charge < -0.3 is 19.7 Å². The van der Waals surface area contributed by atoms with Crippen molar-refractivity contribution in [2.24, 2.45) is 5.92 Å². The standard InChI is InChI=1S/C16H22F2N2O3/c1-19-10-11-5-7-20(8-6-11)15(21)12-3-4-13(22-2)14(9-12)23-16(17)18/h3-4,9,11,16,19H,5-8,10H2,1-2H3. The van der Waals surface area contributed by atoms with Crippen molar-refractivity contribution in [3.05, 3.63) is 23.8 Å². The molecule has 0 atom stereocenters. The molecule has 1 heterocycles. The molecule has 1 aliphatic heterocycles. The highest BCUT2D eigenvalue weighted by atomic mass is 19.3. The summed E-state index contributed by atoms with van der Waals surface area (Å²) in [6, 6.07) is 4.35. The van der Waals surface area contributed by atoms with Gasteiger partial charge in [0.2, 0.25) is 0 Å². The Morgan fingerprint density at radius 2 is 2.04 bits per heavy atom. The topological polar surface area (TPSA) is 50.8 Å². The third-order valence-corrected chi connectivity index (χ3v) is 4.02. The summed E-state index contributed by atoms with van der Waals surface area (Å²) in [6.07, 6.45) is 1.87. The summed E-state index contributed by atoms with van der Waals surface area (Å²) >= 11 is 0. The molecule has 7 heteroatoms. The largest absolute Gasteiger partial charge is 0.493 e. The zero-order chi connectivity index (χ0) is 16.8. The van der Waals surface area contributed by atoms with E-state index in [0.717, 1.165) is 19.4 Å². The summed E-state index contributed by atoms with van der Waals surface area (Å²) in [4.78, 5) is 14.3. The number of nitrogens with one attached hydrogen (secondary N) is 1. The third kappa shape index (κ3) is 4.54. The normalized spacial score (nSPS) is 15.8. The summed E-state index contributed by atoms with van der Waals surface area (Å²) < 4.78 is 34.3. The van der Waals surface area contributed by atoms with Crippen LogP contribution in [0.4, 0.5) is 8.78 Å². The number of nitrogens with zero attached hydrogens (tertiary/aromatic N) is 1. The van der Waals surface area contributed by atoms with Gasteiger partial charge in [0.15, 0.2) is 11.5 Å². The molecule has 0 radical (unpaired) electrons. The van der Waals surface area contributed by atoms with Crippen LogP contribution in [-0.4, -0.2) is 51.2 Å². The van der Waals surface area contributed by atoms with E-state index in [2.05, 4.69) is 10.1 Å². The predicted octanol–water partition coefficient (Wildman–Crippen LogP) is 2.37. The number of methoxy groups -OCH3 is 1. The first-order valence-electron chi connectivity index (χ1n) is 7.62. The Labute approximate surface area is 134 Å². The monoisotopic (exact) mass is 328 g/mol. The second-order valence-electron chi connectivity index (χ2n) is 5.54. The first kappa shape index (κ1) is 17.5. The Bertz CT molecular complexity index is 532. The van der Waals surface area contributed by atoms with Gasteiger partial charge in [0.25, 0.3) is 5.91 Å². The van der Waals surface area contributed by atoms with Crippen molar-refractivity contribution in [3.63, 3.8) is 0 Å². The fourth-order valence-electron chi connectivity index (χ4n) is 2.81. The van der Waals surface area contributed by atoms with Crippen LogP contribution in [0.1, 0.15) is 23.2 Å². The van der Waals surface area contributed by atoms with Gasteiger partial charge in [0.1, 0.15) is 0 Å². The zero-order valence-corrected chi connectivity index (χ0v) is 13.4. The first-order chi connectivity index (χ1) is 11.0. The number of rotatable bonds is 6. The molecule has 0 spiro atoms. The molecular weight excluding hydrogens is 306 g/mol. The molecule has 1 aromatic rings. The van der Waals surface area contributed by atoms with Crippen LogP contribution in [0.25, 0.3) is 0 Å². The van der Waals surface area contributed by atoms with Gasteiger partial charge >= 0.3 is 6.61 Å². The van der Waals surface area contributed by atoms with Crippen LogP contribution in [0.2, 0.25) is 0 Å². The van der Waals surface area contributed by atoms with Gasteiger partial charge in [-0.15, -0.1) is 0 Å². The number of halogens is 2. The van der Waals surface area contributed by atoms with E-state index < -0.39 is 6.61 Å². The Morgan fingerprint density at radius 1 is 1.35 bits per heavy atom. The van der Waals surface area contributed by atoms with Crippen LogP contribution < -0.4 is 14.8 Å². The lowest BCUT2D eigenvalue weighted by molar-refractivity contribution is -0.0512. The minimum absolute atomic E-state index is 0.126. The van der Waals surface area contributed by atoms with Crippen LogP contribution in [-0.2, 0) is 0 Å². The molecular formula is C16H22F2N2O3. The second-order valence-corrected chi connectivity index (χ2v) is 5.54. The van der Waals surface area contributed by atoms with Crippen molar-refractivity contribution in [1.29, 1.82) is 0 Å².